The molecule has 2 aromatic carbocycles. The second kappa shape index (κ2) is 9.63. The van der Waals surface area contributed by atoms with Crippen LogP contribution in [-0.2, 0) is 27.4 Å². The zero-order valence-corrected chi connectivity index (χ0v) is 15.3. The second-order valence-corrected chi connectivity index (χ2v) is 6.14. The summed E-state index contributed by atoms with van der Waals surface area (Å²) in [5.74, 6) is -3.21. The Bertz CT molecular complexity index is 850. The molecule has 0 aliphatic carbocycles. The fraction of sp³-hybridized carbons (Fsp3) is 0.250. The van der Waals surface area contributed by atoms with Gasteiger partial charge in [0.25, 0.3) is 5.91 Å². The van der Waals surface area contributed by atoms with Crippen LogP contribution in [0.5, 0.6) is 0 Å². The van der Waals surface area contributed by atoms with Crippen molar-refractivity contribution in [3.05, 3.63) is 65.2 Å². The maximum absolute atomic E-state index is 12.3. The number of carbonyl (C=O) groups is 3. The van der Waals surface area contributed by atoms with Crippen LogP contribution in [0.1, 0.15) is 28.4 Å². The molecule has 0 saturated heterocycles. The summed E-state index contributed by atoms with van der Waals surface area (Å²) in [7, 11) is 0. The molecule has 28 heavy (non-hydrogen) atoms. The summed E-state index contributed by atoms with van der Waals surface area (Å²) < 4.78 is 5.16. The summed E-state index contributed by atoms with van der Waals surface area (Å²) >= 11 is 0. The first-order valence-corrected chi connectivity index (χ1v) is 8.63. The van der Waals surface area contributed by atoms with Gasteiger partial charge in [0.2, 0.25) is 0 Å². The molecule has 2 unspecified atom stereocenters. The van der Waals surface area contributed by atoms with Crippen LogP contribution in [0, 0.1) is 0 Å². The van der Waals surface area contributed by atoms with Crippen LogP contribution in [0.15, 0.2) is 48.5 Å². The summed E-state index contributed by atoms with van der Waals surface area (Å²) in [5.41, 5.74) is 8.04. The predicted molar refractivity (Wildman–Crippen MR) is 102 cm³/mol. The van der Waals surface area contributed by atoms with Crippen LogP contribution in [0.2, 0.25) is 0 Å². The molecule has 0 radical (unpaired) electrons. The van der Waals surface area contributed by atoms with Crippen LogP contribution < -0.4 is 11.1 Å². The zero-order valence-electron chi connectivity index (χ0n) is 15.3. The van der Waals surface area contributed by atoms with Gasteiger partial charge in [-0.05, 0) is 41.8 Å². The number of benzene rings is 2. The number of carboxylic acids is 2. The van der Waals surface area contributed by atoms with Gasteiger partial charge in [-0.15, -0.1) is 0 Å². The Balaban J connectivity index is 2.03. The Morgan fingerprint density at radius 2 is 1.71 bits per heavy atom. The molecular weight excluding hydrogens is 364 g/mol. The Kier molecular flexibility index (Phi) is 7.25. The molecule has 2 aromatic rings. The maximum Gasteiger partial charge on any atom is 0.335 e. The minimum absolute atomic E-state index is 0.174. The Morgan fingerprint density at radius 1 is 1.04 bits per heavy atom. The summed E-state index contributed by atoms with van der Waals surface area (Å²) in [6, 6.07) is 12.2. The molecular formula is C20H22N2O6. The van der Waals surface area contributed by atoms with Crippen molar-refractivity contribution in [2.75, 3.05) is 5.32 Å². The molecule has 0 aromatic heterocycles. The van der Waals surface area contributed by atoms with Gasteiger partial charge >= 0.3 is 11.9 Å². The molecule has 0 heterocycles. The number of carbonyl (C=O) groups excluding carboxylic acids is 1. The molecule has 8 heteroatoms. The van der Waals surface area contributed by atoms with Crippen molar-refractivity contribution in [1.82, 2.24) is 0 Å². The van der Waals surface area contributed by atoms with Gasteiger partial charge in [0.1, 0.15) is 6.04 Å². The van der Waals surface area contributed by atoms with Crippen molar-refractivity contribution >= 4 is 23.5 Å². The molecule has 2 rings (SSSR count). The van der Waals surface area contributed by atoms with E-state index in [0.29, 0.717) is 16.8 Å². The standard InChI is InChI=1S/C20H22N2O6/c1-2-12-6-8-14(9-7-12)18(23)22-15-5-3-4-13(10-15)11-28-17(20(26)27)16(21)19(24)25/h3-10,16-17H,2,11,21H2,1H3,(H,22,23)(H,24,25)(H,26,27). The Labute approximate surface area is 161 Å². The van der Waals surface area contributed by atoms with E-state index in [2.05, 4.69) is 5.32 Å². The fourth-order valence-electron chi connectivity index (χ4n) is 2.48. The number of aryl methyl sites for hydroxylation is 1. The number of rotatable bonds is 9. The van der Waals surface area contributed by atoms with Crippen molar-refractivity contribution < 1.29 is 29.3 Å². The second-order valence-electron chi connectivity index (χ2n) is 6.14. The largest absolute Gasteiger partial charge is 0.480 e. The molecule has 0 aliphatic rings. The molecule has 0 saturated carbocycles. The molecule has 8 nitrogen and oxygen atoms in total. The SMILES string of the molecule is CCc1ccc(C(=O)Nc2cccc(COC(C(=O)O)C(N)C(=O)O)c2)cc1. The van der Waals surface area contributed by atoms with Crippen molar-refractivity contribution in [2.24, 2.45) is 5.73 Å². The molecule has 0 aliphatic heterocycles. The highest BCUT2D eigenvalue weighted by Gasteiger charge is 2.31. The molecule has 5 N–H and O–H groups in total. The van der Waals surface area contributed by atoms with Gasteiger partial charge < -0.3 is 26.0 Å². The number of hydrogen-bond donors (Lipinski definition) is 4. The average molecular weight is 386 g/mol. The number of nitrogens with two attached hydrogens (primary N) is 1. The zero-order chi connectivity index (χ0) is 20.7. The van der Waals surface area contributed by atoms with E-state index in [-0.39, 0.29) is 12.5 Å². The van der Waals surface area contributed by atoms with E-state index in [9.17, 15) is 14.4 Å². The topological polar surface area (TPSA) is 139 Å². The van der Waals surface area contributed by atoms with Gasteiger partial charge in [-0.2, -0.15) is 0 Å². The fourth-order valence-corrected chi connectivity index (χ4v) is 2.48. The third-order valence-electron chi connectivity index (χ3n) is 4.09. The van der Waals surface area contributed by atoms with E-state index in [4.69, 9.17) is 20.7 Å². The lowest BCUT2D eigenvalue weighted by Crippen LogP contribution is -2.47. The number of carboxylic acid groups (broad SMARTS) is 2. The minimum atomic E-state index is -1.69. The molecule has 1 amide bonds. The summed E-state index contributed by atoms with van der Waals surface area (Å²) in [6.45, 7) is 1.85. The smallest absolute Gasteiger partial charge is 0.335 e. The van der Waals surface area contributed by atoms with Crippen molar-refractivity contribution in [3.63, 3.8) is 0 Å². The highest BCUT2D eigenvalue weighted by atomic mass is 16.5. The highest BCUT2D eigenvalue weighted by Crippen LogP contribution is 2.15. The number of ether oxygens (including phenoxy) is 1. The predicted octanol–water partition coefficient (Wildman–Crippen LogP) is 1.88. The Morgan fingerprint density at radius 3 is 2.29 bits per heavy atom. The van der Waals surface area contributed by atoms with E-state index in [1.807, 2.05) is 19.1 Å². The van der Waals surface area contributed by atoms with E-state index < -0.39 is 24.1 Å². The number of nitrogens with one attached hydrogen (secondary N) is 1. The molecule has 2 atom stereocenters. The van der Waals surface area contributed by atoms with Gasteiger partial charge in [0, 0.05) is 11.3 Å². The van der Waals surface area contributed by atoms with Crippen molar-refractivity contribution in [2.45, 2.75) is 32.1 Å². The number of aliphatic carboxylic acids is 2. The third kappa shape index (κ3) is 5.63. The third-order valence-corrected chi connectivity index (χ3v) is 4.09. The van der Waals surface area contributed by atoms with Gasteiger partial charge in [-0.25, -0.2) is 4.79 Å². The van der Waals surface area contributed by atoms with Gasteiger partial charge in [-0.1, -0.05) is 31.2 Å². The quantitative estimate of drug-likeness (QED) is 0.516. The molecule has 148 valence electrons. The lowest BCUT2D eigenvalue weighted by Gasteiger charge is -2.17. The van der Waals surface area contributed by atoms with Gasteiger partial charge in [-0.3, -0.25) is 9.59 Å². The molecule has 0 bridgehead atoms. The van der Waals surface area contributed by atoms with Crippen LogP contribution in [0.4, 0.5) is 5.69 Å². The number of amides is 1. The lowest BCUT2D eigenvalue weighted by atomic mass is 10.1. The number of hydrogen-bond acceptors (Lipinski definition) is 5. The van der Waals surface area contributed by atoms with E-state index in [0.717, 1.165) is 12.0 Å². The van der Waals surface area contributed by atoms with Crippen molar-refractivity contribution in [1.29, 1.82) is 0 Å². The van der Waals surface area contributed by atoms with Crippen molar-refractivity contribution in [3.8, 4) is 0 Å². The van der Waals surface area contributed by atoms with E-state index in [1.165, 1.54) is 0 Å². The Hall–Kier alpha value is -3.23. The first-order valence-electron chi connectivity index (χ1n) is 8.63. The first-order chi connectivity index (χ1) is 13.3. The molecule has 0 spiro atoms. The summed E-state index contributed by atoms with van der Waals surface area (Å²) in [6.07, 6.45) is -0.805. The summed E-state index contributed by atoms with van der Waals surface area (Å²) in [4.78, 5) is 34.4. The van der Waals surface area contributed by atoms with E-state index >= 15 is 0 Å². The summed E-state index contributed by atoms with van der Waals surface area (Å²) in [5, 5.41) is 20.7. The average Bonchev–Trinajstić information content (AvgIpc) is 2.68. The van der Waals surface area contributed by atoms with Crippen LogP contribution >= 0.6 is 0 Å². The van der Waals surface area contributed by atoms with Gasteiger partial charge in [0.15, 0.2) is 6.10 Å². The minimum Gasteiger partial charge on any atom is -0.480 e. The monoisotopic (exact) mass is 386 g/mol. The molecule has 0 fully saturated rings. The van der Waals surface area contributed by atoms with Gasteiger partial charge in [0.05, 0.1) is 6.61 Å². The highest BCUT2D eigenvalue weighted by molar-refractivity contribution is 6.04. The normalized spacial score (nSPS) is 12.8. The lowest BCUT2D eigenvalue weighted by molar-refractivity contribution is -0.159. The first kappa shape index (κ1) is 21.1. The maximum atomic E-state index is 12.3. The number of anilines is 1. The van der Waals surface area contributed by atoms with Crippen LogP contribution in [0.25, 0.3) is 0 Å². The van der Waals surface area contributed by atoms with E-state index in [1.54, 1.807) is 36.4 Å². The van der Waals surface area contributed by atoms with Crippen LogP contribution in [-0.4, -0.2) is 40.2 Å². The van der Waals surface area contributed by atoms with Crippen LogP contribution in [0.3, 0.4) is 0 Å².